The van der Waals surface area contributed by atoms with Crippen molar-refractivity contribution in [2.75, 3.05) is 44.2 Å². The molecule has 1 atom stereocenters. The van der Waals surface area contributed by atoms with Gasteiger partial charge in [0.1, 0.15) is 18.5 Å². The van der Waals surface area contributed by atoms with Crippen LogP contribution in [0, 0.1) is 0 Å². The number of β-amino-alcohol motifs (C(OH)–C–C–N with tert-alkyl or cyclic N) is 1. The maximum Gasteiger partial charge on any atom is 0.160 e. The molecule has 1 fully saturated rings. The molecule has 1 aromatic carbocycles. The third-order valence-electron chi connectivity index (χ3n) is 4.85. The molecule has 0 radical (unpaired) electrons. The standard InChI is InChI=1S/C21H28N2O3S/c1-16(2)19-5-3-4-6-20(19)26-15-17(25)13-22-9-11-23(12-10-22)21-8-7-18(14-24)27-21/h3-8,14,16-17,25H,9-13,15H2,1-2H3/t17-/m0/s1. The normalized spacial score (nSPS) is 16.5. The van der Waals surface area contributed by atoms with Gasteiger partial charge in [0.2, 0.25) is 0 Å². The van der Waals surface area contributed by atoms with E-state index in [1.54, 1.807) is 0 Å². The molecule has 0 saturated carbocycles. The van der Waals surface area contributed by atoms with Crippen LogP contribution >= 0.6 is 11.3 Å². The van der Waals surface area contributed by atoms with Crippen molar-refractivity contribution >= 4 is 22.6 Å². The van der Waals surface area contributed by atoms with Crippen LogP contribution in [-0.2, 0) is 0 Å². The van der Waals surface area contributed by atoms with Gasteiger partial charge in [-0.15, -0.1) is 11.3 Å². The Kier molecular flexibility index (Phi) is 6.88. The minimum Gasteiger partial charge on any atom is -0.491 e. The highest BCUT2D eigenvalue weighted by Crippen LogP contribution is 2.27. The van der Waals surface area contributed by atoms with Crippen molar-refractivity contribution in [1.82, 2.24) is 4.90 Å². The fourth-order valence-corrected chi connectivity index (χ4v) is 4.23. The van der Waals surface area contributed by atoms with Crippen molar-refractivity contribution in [3.63, 3.8) is 0 Å². The Bertz CT molecular complexity index is 739. The summed E-state index contributed by atoms with van der Waals surface area (Å²) in [6.45, 7) is 8.81. The van der Waals surface area contributed by atoms with Gasteiger partial charge in [0.15, 0.2) is 6.29 Å². The van der Waals surface area contributed by atoms with Crippen LogP contribution in [0.4, 0.5) is 5.00 Å². The van der Waals surface area contributed by atoms with E-state index < -0.39 is 6.10 Å². The lowest BCUT2D eigenvalue weighted by Crippen LogP contribution is -2.49. The Morgan fingerprint density at radius 3 is 2.56 bits per heavy atom. The second-order valence-corrected chi connectivity index (χ2v) is 8.33. The van der Waals surface area contributed by atoms with E-state index in [0.717, 1.165) is 48.1 Å². The van der Waals surface area contributed by atoms with Crippen LogP contribution in [0.1, 0.15) is 35.0 Å². The second-order valence-electron chi connectivity index (χ2n) is 7.24. The Morgan fingerprint density at radius 1 is 1.15 bits per heavy atom. The number of aliphatic hydroxyl groups excluding tert-OH is 1. The van der Waals surface area contributed by atoms with E-state index in [1.807, 2.05) is 30.3 Å². The molecule has 3 rings (SSSR count). The van der Waals surface area contributed by atoms with E-state index in [1.165, 1.54) is 16.9 Å². The summed E-state index contributed by atoms with van der Waals surface area (Å²) < 4.78 is 5.89. The third kappa shape index (κ3) is 5.31. The molecular formula is C21H28N2O3S. The monoisotopic (exact) mass is 388 g/mol. The fraction of sp³-hybridized carbons (Fsp3) is 0.476. The maximum absolute atomic E-state index is 10.8. The predicted octanol–water partition coefficient (Wildman–Crippen LogP) is 3.25. The molecule has 27 heavy (non-hydrogen) atoms. The maximum atomic E-state index is 10.8. The van der Waals surface area contributed by atoms with Gasteiger partial charge in [-0.25, -0.2) is 0 Å². The van der Waals surface area contributed by atoms with Gasteiger partial charge in [0.25, 0.3) is 0 Å². The zero-order chi connectivity index (χ0) is 19.2. The molecule has 2 heterocycles. The number of aliphatic hydroxyl groups is 1. The Labute approximate surface area is 165 Å². The summed E-state index contributed by atoms with van der Waals surface area (Å²) in [5, 5.41) is 11.5. The average Bonchev–Trinajstić information content (AvgIpc) is 3.16. The SMILES string of the molecule is CC(C)c1ccccc1OC[C@@H](O)CN1CCN(c2ccc(C=O)s2)CC1. The lowest BCUT2D eigenvalue weighted by Gasteiger charge is -2.36. The zero-order valence-electron chi connectivity index (χ0n) is 16.0. The minimum atomic E-state index is -0.514. The molecule has 0 unspecified atom stereocenters. The van der Waals surface area contributed by atoms with Crippen LogP contribution in [0.5, 0.6) is 5.75 Å². The highest BCUT2D eigenvalue weighted by atomic mass is 32.1. The number of rotatable bonds is 8. The second kappa shape index (κ2) is 9.35. The molecule has 5 nitrogen and oxygen atoms in total. The number of thiophene rings is 1. The van der Waals surface area contributed by atoms with Crippen LogP contribution in [0.2, 0.25) is 0 Å². The number of anilines is 1. The van der Waals surface area contributed by atoms with Crippen LogP contribution in [0.15, 0.2) is 36.4 Å². The molecule has 1 N–H and O–H groups in total. The van der Waals surface area contributed by atoms with Crippen molar-refractivity contribution < 1.29 is 14.6 Å². The van der Waals surface area contributed by atoms with Gasteiger partial charge in [0, 0.05) is 32.7 Å². The summed E-state index contributed by atoms with van der Waals surface area (Å²) in [5.41, 5.74) is 1.17. The molecule has 1 saturated heterocycles. The van der Waals surface area contributed by atoms with E-state index in [0.29, 0.717) is 19.1 Å². The summed E-state index contributed by atoms with van der Waals surface area (Å²) in [4.78, 5) is 16.2. The first-order valence-corrected chi connectivity index (χ1v) is 10.3. The third-order valence-corrected chi connectivity index (χ3v) is 5.93. The van der Waals surface area contributed by atoms with Gasteiger partial charge in [0.05, 0.1) is 9.88 Å². The van der Waals surface area contributed by atoms with Crippen molar-refractivity contribution in [3.8, 4) is 5.75 Å². The van der Waals surface area contributed by atoms with Crippen LogP contribution in [0.25, 0.3) is 0 Å². The van der Waals surface area contributed by atoms with Gasteiger partial charge < -0.3 is 14.7 Å². The Balaban J connectivity index is 1.44. The van der Waals surface area contributed by atoms with Crippen molar-refractivity contribution in [3.05, 3.63) is 46.8 Å². The van der Waals surface area contributed by atoms with Crippen molar-refractivity contribution in [2.24, 2.45) is 0 Å². The molecule has 1 aliphatic rings. The van der Waals surface area contributed by atoms with E-state index >= 15 is 0 Å². The number of carbonyl (C=O) groups excluding carboxylic acids is 1. The number of hydrogen-bond acceptors (Lipinski definition) is 6. The molecular weight excluding hydrogens is 360 g/mol. The van der Waals surface area contributed by atoms with Gasteiger partial charge in [-0.1, -0.05) is 32.0 Å². The summed E-state index contributed by atoms with van der Waals surface area (Å²) in [6, 6.07) is 11.9. The quantitative estimate of drug-likeness (QED) is 0.704. The lowest BCUT2D eigenvalue weighted by molar-refractivity contribution is 0.0659. The van der Waals surface area contributed by atoms with Gasteiger partial charge in [-0.3, -0.25) is 9.69 Å². The number of carbonyl (C=O) groups is 1. The smallest absolute Gasteiger partial charge is 0.160 e. The van der Waals surface area contributed by atoms with Crippen LogP contribution in [-0.4, -0.2) is 61.7 Å². The number of nitrogens with zero attached hydrogens (tertiary/aromatic N) is 2. The van der Waals surface area contributed by atoms with Gasteiger partial charge >= 0.3 is 0 Å². The highest BCUT2D eigenvalue weighted by molar-refractivity contribution is 7.17. The lowest BCUT2D eigenvalue weighted by atomic mass is 10.0. The fourth-order valence-electron chi connectivity index (χ4n) is 3.35. The van der Waals surface area contributed by atoms with Gasteiger partial charge in [-0.2, -0.15) is 0 Å². The number of benzene rings is 1. The molecule has 2 aromatic rings. The summed E-state index contributed by atoms with van der Waals surface area (Å²) in [5.74, 6) is 1.25. The molecule has 6 heteroatoms. The van der Waals surface area contributed by atoms with Gasteiger partial charge in [-0.05, 0) is 29.7 Å². The van der Waals surface area contributed by atoms with E-state index in [-0.39, 0.29) is 0 Å². The number of ether oxygens (including phenoxy) is 1. The summed E-state index contributed by atoms with van der Waals surface area (Å²) in [6.07, 6.45) is 0.387. The summed E-state index contributed by atoms with van der Waals surface area (Å²) in [7, 11) is 0. The molecule has 1 aromatic heterocycles. The first kappa shape index (κ1) is 19.9. The number of para-hydroxylation sites is 1. The number of aldehydes is 1. The number of piperazine rings is 1. The van der Waals surface area contributed by atoms with Crippen molar-refractivity contribution in [2.45, 2.75) is 25.9 Å². The molecule has 0 bridgehead atoms. The minimum absolute atomic E-state index is 0.303. The van der Waals surface area contributed by atoms with E-state index in [2.05, 4.69) is 29.7 Å². The number of hydrogen-bond donors (Lipinski definition) is 1. The Morgan fingerprint density at radius 2 is 1.89 bits per heavy atom. The zero-order valence-corrected chi connectivity index (χ0v) is 16.8. The molecule has 1 aliphatic heterocycles. The van der Waals surface area contributed by atoms with E-state index in [4.69, 9.17) is 4.74 Å². The largest absolute Gasteiger partial charge is 0.491 e. The Hall–Kier alpha value is -1.89. The van der Waals surface area contributed by atoms with E-state index in [9.17, 15) is 9.90 Å². The molecule has 0 amide bonds. The van der Waals surface area contributed by atoms with Crippen LogP contribution in [0.3, 0.4) is 0 Å². The van der Waals surface area contributed by atoms with Crippen molar-refractivity contribution in [1.29, 1.82) is 0 Å². The topological polar surface area (TPSA) is 53.0 Å². The predicted molar refractivity (Wildman–Crippen MR) is 110 cm³/mol. The highest BCUT2D eigenvalue weighted by Gasteiger charge is 2.21. The first-order valence-electron chi connectivity index (χ1n) is 9.49. The molecule has 0 spiro atoms. The molecule has 0 aliphatic carbocycles. The summed E-state index contributed by atoms with van der Waals surface area (Å²) >= 11 is 1.53. The average molecular weight is 389 g/mol. The van der Waals surface area contributed by atoms with Crippen LogP contribution < -0.4 is 9.64 Å². The first-order chi connectivity index (χ1) is 13.1. The molecule has 146 valence electrons.